The van der Waals surface area contributed by atoms with Crippen molar-refractivity contribution in [2.24, 2.45) is 0 Å². The molecule has 6 nitrogen and oxygen atoms in total. The van der Waals surface area contributed by atoms with Crippen LogP contribution in [-0.4, -0.2) is 52.7 Å². The Kier molecular flexibility index (Phi) is 4.42. The van der Waals surface area contributed by atoms with Crippen LogP contribution >= 0.6 is 0 Å². The fourth-order valence-corrected chi connectivity index (χ4v) is 2.52. The zero-order chi connectivity index (χ0) is 15.6. The Morgan fingerprint density at radius 2 is 2.19 bits per heavy atom. The fraction of sp³-hybridized carbons (Fsp3) is 0.429. The molecule has 7 heteroatoms. The normalized spacial score (nSPS) is 22.2. The predicted molar refractivity (Wildman–Crippen MR) is 72.4 cm³/mol. The molecule has 2 rings (SSSR count). The van der Waals surface area contributed by atoms with Crippen LogP contribution in [0.25, 0.3) is 0 Å². The van der Waals surface area contributed by atoms with Gasteiger partial charge in [0, 0.05) is 12.6 Å². The first kappa shape index (κ1) is 15.2. The van der Waals surface area contributed by atoms with E-state index in [2.05, 4.69) is 5.32 Å². The zero-order valence-corrected chi connectivity index (χ0v) is 11.5. The van der Waals surface area contributed by atoms with E-state index in [1.807, 2.05) is 0 Å². The number of hydrogen-bond donors (Lipinski definition) is 3. The van der Waals surface area contributed by atoms with E-state index in [1.54, 1.807) is 11.9 Å². The highest BCUT2D eigenvalue weighted by Crippen LogP contribution is 2.18. The monoisotopic (exact) mass is 296 g/mol. The van der Waals surface area contributed by atoms with Gasteiger partial charge in [0.15, 0.2) is 11.6 Å². The molecule has 0 saturated carbocycles. The summed E-state index contributed by atoms with van der Waals surface area (Å²) in [6, 6.07) is 2.95. The van der Waals surface area contributed by atoms with Gasteiger partial charge < -0.3 is 15.5 Å². The Morgan fingerprint density at radius 1 is 1.48 bits per heavy atom. The molecule has 0 bridgehead atoms. The summed E-state index contributed by atoms with van der Waals surface area (Å²) in [6.45, 7) is 0.465. The van der Waals surface area contributed by atoms with Crippen LogP contribution in [0.1, 0.15) is 12.0 Å². The minimum Gasteiger partial charge on any atom is -0.505 e. The quantitative estimate of drug-likeness (QED) is 0.746. The van der Waals surface area contributed by atoms with Gasteiger partial charge in [-0.25, -0.2) is 4.39 Å². The molecule has 1 fully saturated rings. The number of aliphatic carboxylic acids is 1. The van der Waals surface area contributed by atoms with Gasteiger partial charge in [-0.05, 0) is 31.2 Å². The van der Waals surface area contributed by atoms with Gasteiger partial charge in [0.05, 0.1) is 6.42 Å². The van der Waals surface area contributed by atoms with E-state index in [9.17, 15) is 14.0 Å². The number of carbonyl (C=O) groups excluding carboxylic acids is 1. The molecule has 1 aliphatic heterocycles. The zero-order valence-electron chi connectivity index (χ0n) is 11.5. The van der Waals surface area contributed by atoms with Crippen molar-refractivity contribution in [3.63, 3.8) is 0 Å². The van der Waals surface area contributed by atoms with E-state index in [4.69, 9.17) is 10.2 Å². The standard InChI is InChI=1S/C14H17FN2O4/c1-17-7-9(6-11(17)14(20)21)16-13(19)5-8-2-3-12(18)10(15)4-8/h2-4,9,11,18H,5-7H2,1H3,(H,16,19)(H,20,21)/t9-,11-/m0/s1. The first-order valence-corrected chi connectivity index (χ1v) is 6.56. The van der Waals surface area contributed by atoms with Gasteiger partial charge >= 0.3 is 5.97 Å². The second-order valence-electron chi connectivity index (χ2n) is 5.26. The molecule has 0 aromatic heterocycles. The van der Waals surface area contributed by atoms with Crippen LogP contribution < -0.4 is 5.32 Å². The van der Waals surface area contributed by atoms with Crippen LogP contribution in [0.15, 0.2) is 18.2 Å². The van der Waals surface area contributed by atoms with Gasteiger partial charge in [-0.1, -0.05) is 6.07 Å². The number of nitrogens with zero attached hydrogens (tertiary/aromatic N) is 1. The average Bonchev–Trinajstić information content (AvgIpc) is 2.75. The topological polar surface area (TPSA) is 89.9 Å². The van der Waals surface area contributed by atoms with Crippen molar-refractivity contribution in [3.05, 3.63) is 29.6 Å². The molecule has 0 radical (unpaired) electrons. The molecule has 0 spiro atoms. The van der Waals surface area contributed by atoms with Crippen molar-refractivity contribution in [1.29, 1.82) is 0 Å². The number of nitrogens with one attached hydrogen (secondary N) is 1. The number of phenolic OH excluding ortho intramolecular Hbond substituents is 1. The lowest BCUT2D eigenvalue weighted by Gasteiger charge is -2.13. The smallest absolute Gasteiger partial charge is 0.320 e. The molecule has 21 heavy (non-hydrogen) atoms. The fourth-order valence-electron chi connectivity index (χ4n) is 2.52. The van der Waals surface area contributed by atoms with Crippen molar-refractivity contribution in [2.45, 2.75) is 24.9 Å². The number of likely N-dealkylation sites (N-methyl/N-ethyl adjacent to an activating group) is 1. The number of rotatable bonds is 4. The van der Waals surface area contributed by atoms with E-state index in [0.29, 0.717) is 18.5 Å². The van der Waals surface area contributed by atoms with Gasteiger partial charge in [0.1, 0.15) is 6.04 Å². The number of benzene rings is 1. The minimum atomic E-state index is -0.908. The summed E-state index contributed by atoms with van der Waals surface area (Å²) in [7, 11) is 1.69. The Hall–Kier alpha value is -2.15. The summed E-state index contributed by atoms with van der Waals surface area (Å²) >= 11 is 0. The van der Waals surface area contributed by atoms with Crippen molar-refractivity contribution in [1.82, 2.24) is 10.2 Å². The predicted octanol–water partition coefficient (Wildman–Crippen LogP) is 0.347. The third kappa shape index (κ3) is 3.69. The highest BCUT2D eigenvalue weighted by Gasteiger charge is 2.34. The number of phenols is 1. The Balaban J connectivity index is 1.90. The van der Waals surface area contributed by atoms with Crippen LogP contribution in [0.4, 0.5) is 4.39 Å². The Morgan fingerprint density at radius 3 is 2.76 bits per heavy atom. The molecule has 1 saturated heterocycles. The van der Waals surface area contributed by atoms with Crippen LogP contribution in [-0.2, 0) is 16.0 Å². The summed E-state index contributed by atoms with van der Waals surface area (Å²) < 4.78 is 13.2. The van der Waals surface area contributed by atoms with E-state index in [-0.39, 0.29) is 18.4 Å². The first-order valence-electron chi connectivity index (χ1n) is 6.56. The lowest BCUT2D eigenvalue weighted by atomic mass is 10.1. The lowest BCUT2D eigenvalue weighted by molar-refractivity contribution is -0.141. The van der Waals surface area contributed by atoms with E-state index >= 15 is 0 Å². The number of carboxylic acids is 1. The summed E-state index contributed by atoms with van der Waals surface area (Å²) in [5.74, 6) is -2.44. The third-order valence-electron chi connectivity index (χ3n) is 3.58. The second-order valence-corrected chi connectivity index (χ2v) is 5.26. The SMILES string of the molecule is CN1C[C@@H](NC(=O)Cc2ccc(O)c(F)c2)C[C@H]1C(=O)O. The van der Waals surface area contributed by atoms with Gasteiger partial charge in [-0.2, -0.15) is 0 Å². The molecule has 1 heterocycles. The maximum atomic E-state index is 13.2. The molecule has 114 valence electrons. The average molecular weight is 296 g/mol. The van der Waals surface area contributed by atoms with Crippen molar-refractivity contribution < 1.29 is 24.2 Å². The van der Waals surface area contributed by atoms with Crippen LogP contribution in [0.3, 0.4) is 0 Å². The highest BCUT2D eigenvalue weighted by atomic mass is 19.1. The van der Waals surface area contributed by atoms with Crippen LogP contribution in [0, 0.1) is 5.82 Å². The number of halogens is 1. The van der Waals surface area contributed by atoms with Crippen LogP contribution in [0.2, 0.25) is 0 Å². The molecular weight excluding hydrogens is 279 g/mol. The van der Waals surface area contributed by atoms with Gasteiger partial charge in [-0.3, -0.25) is 14.5 Å². The van der Waals surface area contributed by atoms with Crippen molar-refractivity contribution in [3.8, 4) is 5.75 Å². The molecule has 2 atom stereocenters. The summed E-state index contributed by atoms with van der Waals surface area (Å²) in [4.78, 5) is 24.5. The number of carboxylic acid groups (broad SMARTS) is 1. The summed E-state index contributed by atoms with van der Waals surface area (Å²) in [5.41, 5.74) is 0.448. The maximum Gasteiger partial charge on any atom is 0.320 e. The van der Waals surface area contributed by atoms with Crippen molar-refractivity contribution >= 4 is 11.9 Å². The Bertz CT molecular complexity index is 564. The molecule has 1 aromatic rings. The molecule has 0 unspecified atom stereocenters. The molecule has 0 aliphatic carbocycles. The maximum absolute atomic E-state index is 13.2. The van der Waals surface area contributed by atoms with Gasteiger partial charge in [0.25, 0.3) is 0 Å². The number of hydrogen-bond acceptors (Lipinski definition) is 4. The number of aromatic hydroxyl groups is 1. The molecule has 3 N–H and O–H groups in total. The van der Waals surface area contributed by atoms with Crippen LogP contribution in [0.5, 0.6) is 5.75 Å². The number of amides is 1. The molecule has 1 amide bonds. The second kappa shape index (κ2) is 6.09. The lowest BCUT2D eigenvalue weighted by Crippen LogP contribution is -2.37. The molecule has 1 aliphatic rings. The summed E-state index contributed by atoms with van der Waals surface area (Å²) in [5, 5.41) is 20.8. The number of likely N-dealkylation sites (tertiary alicyclic amines) is 1. The van der Waals surface area contributed by atoms with E-state index in [1.165, 1.54) is 12.1 Å². The molecule has 1 aromatic carbocycles. The van der Waals surface area contributed by atoms with Crippen molar-refractivity contribution in [2.75, 3.05) is 13.6 Å². The third-order valence-corrected chi connectivity index (χ3v) is 3.58. The van der Waals surface area contributed by atoms with Gasteiger partial charge in [-0.15, -0.1) is 0 Å². The van der Waals surface area contributed by atoms with E-state index < -0.39 is 23.6 Å². The molecular formula is C14H17FN2O4. The Labute approximate surface area is 121 Å². The highest BCUT2D eigenvalue weighted by molar-refractivity contribution is 5.79. The minimum absolute atomic E-state index is 0.0187. The largest absolute Gasteiger partial charge is 0.505 e. The summed E-state index contributed by atoms with van der Waals surface area (Å²) in [6.07, 6.45) is 0.330. The first-order chi connectivity index (χ1) is 9.86. The van der Waals surface area contributed by atoms with Gasteiger partial charge in [0.2, 0.25) is 5.91 Å². The number of carbonyl (C=O) groups is 2. The van der Waals surface area contributed by atoms with E-state index in [0.717, 1.165) is 6.07 Å².